The average Bonchev–Trinajstić information content (AvgIpc) is 2.29. The normalized spacial score (nSPS) is 22.9. The van der Waals surface area contributed by atoms with E-state index < -0.39 is 0 Å². The molecule has 0 spiro atoms. The van der Waals surface area contributed by atoms with Crippen LogP contribution in [0.3, 0.4) is 0 Å². The van der Waals surface area contributed by atoms with Crippen molar-refractivity contribution in [2.75, 3.05) is 20.1 Å². The third kappa shape index (κ3) is 2.55. The van der Waals surface area contributed by atoms with Crippen molar-refractivity contribution in [1.82, 2.24) is 9.88 Å². The van der Waals surface area contributed by atoms with Gasteiger partial charge in [0, 0.05) is 30.9 Å². The molecule has 1 aliphatic heterocycles. The van der Waals surface area contributed by atoms with E-state index in [1.54, 1.807) is 0 Å². The molecule has 0 saturated carbocycles. The van der Waals surface area contributed by atoms with E-state index in [-0.39, 0.29) is 0 Å². The van der Waals surface area contributed by atoms with Gasteiger partial charge in [-0.25, -0.2) is 0 Å². The molecule has 1 aromatic heterocycles. The summed E-state index contributed by atoms with van der Waals surface area (Å²) >= 11 is 0. The van der Waals surface area contributed by atoms with Gasteiger partial charge in [0.2, 0.25) is 0 Å². The fraction of sp³-hybridized carbons (Fsp3) is 0.583. The molecule has 0 bridgehead atoms. The van der Waals surface area contributed by atoms with Crippen LogP contribution in [0.1, 0.15) is 30.0 Å². The van der Waals surface area contributed by atoms with Gasteiger partial charge in [-0.05, 0) is 38.1 Å². The molecule has 3 heteroatoms. The Bertz CT molecular complexity index is 307. The molecule has 1 aliphatic rings. The topological polar surface area (TPSA) is 42.1 Å². The number of hydrogen-bond acceptors (Lipinski definition) is 3. The molecular weight excluding hydrogens is 186 g/mol. The highest BCUT2D eigenvalue weighted by atomic mass is 15.1. The molecule has 2 N–H and O–H groups in total. The van der Waals surface area contributed by atoms with Crippen LogP contribution in [0.25, 0.3) is 0 Å². The van der Waals surface area contributed by atoms with Gasteiger partial charge in [-0.3, -0.25) is 4.98 Å². The molecule has 3 nitrogen and oxygen atoms in total. The van der Waals surface area contributed by atoms with Crippen LogP contribution in [0, 0.1) is 0 Å². The highest BCUT2D eigenvalue weighted by Crippen LogP contribution is 2.24. The Morgan fingerprint density at radius 1 is 1.53 bits per heavy atom. The summed E-state index contributed by atoms with van der Waals surface area (Å²) in [6.07, 6.45) is 4.45. The number of nitrogens with zero attached hydrogens (tertiary/aromatic N) is 2. The second kappa shape index (κ2) is 4.73. The zero-order valence-corrected chi connectivity index (χ0v) is 9.32. The van der Waals surface area contributed by atoms with Crippen LogP contribution < -0.4 is 5.73 Å². The lowest BCUT2D eigenvalue weighted by atomic mass is 9.94. The van der Waals surface area contributed by atoms with Crippen molar-refractivity contribution in [2.24, 2.45) is 5.73 Å². The molecule has 15 heavy (non-hydrogen) atoms. The van der Waals surface area contributed by atoms with Gasteiger partial charge >= 0.3 is 0 Å². The molecule has 82 valence electrons. The van der Waals surface area contributed by atoms with E-state index in [0.717, 1.165) is 12.1 Å². The smallest absolute Gasteiger partial charge is 0.0447 e. The van der Waals surface area contributed by atoms with Gasteiger partial charge in [-0.1, -0.05) is 6.07 Å². The zero-order chi connectivity index (χ0) is 10.7. The van der Waals surface area contributed by atoms with Crippen molar-refractivity contribution in [3.05, 3.63) is 29.6 Å². The summed E-state index contributed by atoms with van der Waals surface area (Å²) in [5, 5.41) is 0. The van der Waals surface area contributed by atoms with E-state index in [2.05, 4.69) is 29.1 Å². The van der Waals surface area contributed by atoms with Crippen molar-refractivity contribution in [2.45, 2.75) is 25.3 Å². The Morgan fingerprint density at radius 3 is 3.00 bits per heavy atom. The molecular formula is C12H19N3. The van der Waals surface area contributed by atoms with Crippen LogP contribution in [0.2, 0.25) is 0 Å². The molecule has 0 aliphatic carbocycles. The highest BCUT2D eigenvalue weighted by molar-refractivity contribution is 5.17. The summed E-state index contributed by atoms with van der Waals surface area (Å²) in [4.78, 5) is 6.88. The summed E-state index contributed by atoms with van der Waals surface area (Å²) in [6.45, 7) is 2.93. The lowest BCUT2D eigenvalue weighted by Gasteiger charge is -2.29. The van der Waals surface area contributed by atoms with Crippen LogP contribution >= 0.6 is 0 Å². The predicted molar refractivity (Wildman–Crippen MR) is 61.6 cm³/mol. The molecule has 1 unspecified atom stereocenters. The van der Waals surface area contributed by atoms with Gasteiger partial charge < -0.3 is 10.6 Å². The van der Waals surface area contributed by atoms with Crippen LogP contribution in [-0.4, -0.2) is 30.0 Å². The fourth-order valence-corrected chi connectivity index (χ4v) is 2.21. The van der Waals surface area contributed by atoms with Gasteiger partial charge in [0.15, 0.2) is 0 Å². The van der Waals surface area contributed by atoms with Crippen LogP contribution in [0.5, 0.6) is 0 Å². The minimum absolute atomic E-state index is 0.581. The number of rotatable bonds is 2. The number of likely N-dealkylation sites (N-methyl/N-ethyl adjacent to an activating group) is 1. The van der Waals surface area contributed by atoms with E-state index in [1.165, 1.54) is 25.1 Å². The highest BCUT2D eigenvalue weighted by Gasteiger charge is 2.19. The molecule has 0 amide bonds. The van der Waals surface area contributed by atoms with Crippen molar-refractivity contribution < 1.29 is 0 Å². The largest absolute Gasteiger partial charge is 0.326 e. The predicted octanol–water partition coefficient (Wildman–Crippen LogP) is 1.35. The van der Waals surface area contributed by atoms with Crippen LogP contribution in [0.4, 0.5) is 0 Å². The number of piperidine rings is 1. The van der Waals surface area contributed by atoms with Gasteiger partial charge in [0.25, 0.3) is 0 Å². The second-order valence-electron chi connectivity index (χ2n) is 4.40. The van der Waals surface area contributed by atoms with E-state index in [4.69, 9.17) is 5.73 Å². The zero-order valence-electron chi connectivity index (χ0n) is 9.32. The third-order valence-corrected chi connectivity index (χ3v) is 3.13. The first-order valence-corrected chi connectivity index (χ1v) is 5.63. The Labute approximate surface area is 91.3 Å². The first-order valence-electron chi connectivity index (χ1n) is 5.63. The SMILES string of the molecule is CN1CCCC(c2ccc(CN)cn2)C1. The third-order valence-electron chi connectivity index (χ3n) is 3.13. The first kappa shape index (κ1) is 10.6. The van der Waals surface area contributed by atoms with Crippen molar-refractivity contribution in [3.63, 3.8) is 0 Å². The molecule has 1 saturated heterocycles. The Kier molecular flexibility index (Phi) is 3.34. The Hall–Kier alpha value is -0.930. The van der Waals surface area contributed by atoms with Gasteiger partial charge in [0.1, 0.15) is 0 Å². The summed E-state index contributed by atoms with van der Waals surface area (Å²) < 4.78 is 0. The van der Waals surface area contributed by atoms with Gasteiger partial charge in [0.05, 0.1) is 0 Å². The fourth-order valence-electron chi connectivity index (χ4n) is 2.21. The van der Waals surface area contributed by atoms with Gasteiger partial charge in [-0.2, -0.15) is 0 Å². The number of likely N-dealkylation sites (tertiary alicyclic amines) is 1. The second-order valence-corrected chi connectivity index (χ2v) is 4.40. The number of hydrogen-bond donors (Lipinski definition) is 1. The number of pyridine rings is 1. The Morgan fingerprint density at radius 2 is 2.40 bits per heavy atom. The van der Waals surface area contributed by atoms with E-state index >= 15 is 0 Å². The summed E-state index contributed by atoms with van der Waals surface area (Å²) in [7, 11) is 2.18. The molecule has 1 atom stereocenters. The maximum atomic E-state index is 5.55. The maximum absolute atomic E-state index is 5.55. The van der Waals surface area contributed by atoms with Crippen molar-refractivity contribution in [1.29, 1.82) is 0 Å². The van der Waals surface area contributed by atoms with E-state index in [9.17, 15) is 0 Å². The molecule has 0 radical (unpaired) electrons. The quantitative estimate of drug-likeness (QED) is 0.792. The van der Waals surface area contributed by atoms with Crippen LogP contribution in [-0.2, 0) is 6.54 Å². The summed E-state index contributed by atoms with van der Waals surface area (Å²) in [5.74, 6) is 0.607. The van der Waals surface area contributed by atoms with E-state index in [1.807, 2.05) is 6.20 Å². The average molecular weight is 205 g/mol. The number of aromatic nitrogens is 1. The van der Waals surface area contributed by atoms with Crippen LogP contribution in [0.15, 0.2) is 18.3 Å². The Balaban J connectivity index is 2.07. The summed E-state index contributed by atoms with van der Waals surface area (Å²) in [6, 6.07) is 4.23. The summed E-state index contributed by atoms with van der Waals surface area (Å²) in [5.41, 5.74) is 7.89. The minimum atomic E-state index is 0.581. The van der Waals surface area contributed by atoms with E-state index in [0.29, 0.717) is 12.5 Å². The monoisotopic (exact) mass is 205 g/mol. The molecule has 1 aromatic rings. The lowest BCUT2D eigenvalue weighted by molar-refractivity contribution is 0.248. The first-order chi connectivity index (χ1) is 7.29. The molecule has 2 heterocycles. The van der Waals surface area contributed by atoms with Crippen molar-refractivity contribution in [3.8, 4) is 0 Å². The lowest BCUT2D eigenvalue weighted by Crippen LogP contribution is -2.31. The standard InChI is InChI=1S/C12H19N3/c1-15-6-2-3-11(9-15)12-5-4-10(7-13)8-14-12/h4-5,8,11H,2-3,6-7,9,13H2,1H3. The number of nitrogens with two attached hydrogens (primary N) is 1. The molecule has 1 fully saturated rings. The molecule has 0 aromatic carbocycles. The molecule has 2 rings (SSSR count). The minimum Gasteiger partial charge on any atom is -0.326 e. The van der Waals surface area contributed by atoms with Crippen molar-refractivity contribution >= 4 is 0 Å². The van der Waals surface area contributed by atoms with Gasteiger partial charge in [-0.15, -0.1) is 0 Å². The maximum Gasteiger partial charge on any atom is 0.0447 e.